The summed E-state index contributed by atoms with van der Waals surface area (Å²) in [5.74, 6) is 1.08. The molecule has 2 unspecified atom stereocenters. The monoisotopic (exact) mass is 282 g/mol. The average molecular weight is 282 g/mol. The molecule has 2 N–H and O–H groups in total. The summed E-state index contributed by atoms with van der Waals surface area (Å²) in [6, 6.07) is 9.70. The maximum Gasteiger partial charge on any atom is 0.244 e. The Morgan fingerprint density at radius 1 is 1.29 bits per heavy atom. The lowest BCUT2D eigenvalue weighted by atomic mass is 10.1. The molecule has 2 aromatic heterocycles. The Labute approximate surface area is 120 Å². The normalized spacial score (nSPS) is 22.0. The van der Waals surface area contributed by atoms with Crippen LogP contribution < -0.4 is 5.32 Å². The first-order valence-corrected chi connectivity index (χ1v) is 6.90. The Morgan fingerprint density at radius 3 is 3.10 bits per heavy atom. The van der Waals surface area contributed by atoms with E-state index in [0.29, 0.717) is 24.7 Å². The quantitative estimate of drug-likeness (QED) is 0.744. The van der Waals surface area contributed by atoms with Gasteiger partial charge in [-0.1, -0.05) is 11.2 Å². The second kappa shape index (κ2) is 4.91. The Morgan fingerprint density at radius 2 is 2.24 bits per heavy atom. The molecular formula is C15H14N4O2. The molecule has 1 saturated heterocycles. The molecule has 21 heavy (non-hydrogen) atoms. The number of aliphatic hydroxyl groups excluding tert-OH is 1. The summed E-state index contributed by atoms with van der Waals surface area (Å²) in [5, 5.41) is 17.8. The highest BCUT2D eigenvalue weighted by Crippen LogP contribution is 2.26. The van der Waals surface area contributed by atoms with Crippen LogP contribution in [0.1, 0.15) is 18.4 Å². The zero-order chi connectivity index (χ0) is 14.2. The van der Waals surface area contributed by atoms with E-state index in [-0.39, 0.29) is 12.1 Å². The number of β-amino-alcohol motifs (C(OH)–C–C–N with tert-alkyl or cyclic N) is 1. The summed E-state index contributed by atoms with van der Waals surface area (Å²) in [6.45, 7) is 0.560. The first-order chi connectivity index (χ1) is 10.3. The molecule has 0 aliphatic carbocycles. The fraction of sp³-hybridized carbons (Fsp3) is 0.267. The number of benzene rings is 1. The molecule has 0 spiro atoms. The molecule has 3 aromatic rings. The first kappa shape index (κ1) is 12.4. The summed E-state index contributed by atoms with van der Waals surface area (Å²) in [4.78, 5) is 8.72. The van der Waals surface area contributed by atoms with Crippen molar-refractivity contribution in [3.8, 4) is 11.4 Å². The summed E-state index contributed by atoms with van der Waals surface area (Å²) < 4.78 is 5.31. The van der Waals surface area contributed by atoms with Crippen molar-refractivity contribution >= 4 is 10.9 Å². The van der Waals surface area contributed by atoms with Crippen molar-refractivity contribution in [2.24, 2.45) is 0 Å². The Hall–Kier alpha value is -2.31. The van der Waals surface area contributed by atoms with Crippen LogP contribution in [0.5, 0.6) is 0 Å². The predicted molar refractivity (Wildman–Crippen MR) is 76.4 cm³/mol. The molecule has 2 atom stereocenters. The smallest absolute Gasteiger partial charge is 0.244 e. The van der Waals surface area contributed by atoms with Crippen LogP contribution in [0.2, 0.25) is 0 Å². The van der Waals surface area contributed by atoms with Crippen LogP contribution in [0.15, 0.2) is 41.1 Å². The van der Waals surface area contributed by atoms with E-state index in [1.807, 2.05) is 30.3 Å². The Balaban J connectivity index is 1.67. The second-order valence-corrected chi connectivity index (χ2v) is 5.22. The van der Waals surface area contributed by atoms with Gasteiger partial charge >= 0.3 is 0 Å². The molecule has 1 fully saturated rings. The third-order valence-corrected chi connectivity index (χ3v) is 3.71. The highest BCUT2D eigenvalue weighted by molar-refractivity contribution is 5.82. The van der Waals surface area contributed by atoms with Crippen LogP contribution in [-0.4, -0.2) is 32.9 Å². The minimum atomic E-state index is -0.350. The number of hydrogen-bond donors (Lipinski definition) is 2. The van der Waals surface area contributed by atoms with Gasteiger partial charge < -0.3 is 14.9 Å². The molecule has 6 nitrogen and oxygen atoms in total. The molecular weight excluding hydrogens is 268 g/mol. The molecule has 0 radical (unpaired) electrons. The molecule has 1 aliphatic rings. The SMILES string of the molecule is OC1CNC(c2nc(-c3ccc4ncccc4c3)no2)C1. The summed E-state index contributed by atoms with van der Waals surface area (Å²) in [7, 11) is 0. The largest absolute Gasteiger partial charge is 0.392 e. The fourth-order valence-corrected chi connectivity index (χ4v) is 2.61. The lowest BCUT2D eigenvalue weighted by molar-refractivity contribution is 0.191. The van der Waals surface area contributed by atoms with Crippen molar-refractivity contribution in [2.45, 2.75) is 18.6 Å². The third-order valence-electron chi connectivity index (χ3n) is 3.71. The number of nitrogens with zero attached hydrogens (tertiary/aromatic N) is 3. The van der Waals surface area contributed by atoms with Crippen LogP contribution >= 0.6 is 0 Å². The van der Waals surface area contributed by atoms with Gasteiger partial charge in [-0.05, 0) is 30.7 Å². The van der Waals surface area contributed by atoms with E-state index in [0.717, 1.165) is 16.5 Å². The van der Waals surface area contributed by atoms with Crippen molar-refractivity contribution in [3.63, 3.8) is 0 Å². The Bertz CT molecular complexity index is 786. The van der Waals surface area contributed by atoms with Crippen LogP contribution in [0.4, 0.5) is 0 Å². The number of rotatable bonds is 2. The van der Waals surface area contributed by atoms with E-state index in [1.165, 1.54) is 0 Å². The molecule has 3 heterocycles. The summed E-state index contributed by atoms with van der Waals surface area (Å²) >= 11 is 0. The zero-order valence-electron chi connectivity index (χ0n) is 11.2. The van der Waals surface area contributed by atoms with E-state index < -0.39 is 0 Å². The fourth-order valence-electron chi connectivity index (χ4n) is 2.61. The molecule has 0 bridgehead atoms. The van der Waals surface area contributed by atoms with E-state index >= 15 is 0 Å². The average Bonchev–Trinajstić information content (AvgIpc) is 3.15. The zero-order valence-corrected chi connectivity index (χ0v) is 11.2. The number of nitrogens with one attached hydrogen (secondary N) is 1. The second-order valence-electron chi connectivity index (χ2n) is 5.22. The highest BCUT2D eigenvalue weighted by atomic mass is 16.5. The van der Waals surface area contributed by atoms with E-state index in [2.05, 4.69) is 20.4 Å². The van der Waals surface area contributed by atoms with E-state index in [4.69, 9.17) is 4.52 Å². The number of pyridine rings is 1. The van der Waals surface area contributed by atoms with Crippen molar-refractivity contribution < 1.29 is 9.63 Å². The number of fused-ring (bicyclic) bond motifs is 1. The molecule has 4 rings (SSSR count). The van der Waals surface area contributed by atoms with Crippen molar-refractivity contribution in [2.75, 3.05) is 6.54 Å². The summed E-state index contributed by atoms with van der Waals surface area (Å²) in [5.41, 5.74) is 1.83. The van der Waals surface area contributed by atoms with Crippen LogP contribution in [0, 0.1) is 0 Å². The van der Waals surface area contributed by atoms with Gasteiger partial charge in [-0.15, -0.1) is 0 Å². The lowest BCUT2D eigenvalue weighted by Gasteiger charge is -2.01. The van der Waals surface area contributed by atoms with E-state index in [9.17, 15) is 5.11 Å². The van der Waals surface area contributed by atoms with Crippen LogP contribution in [0.3, 0.4) is 0 Å². The molecule has 0 saturated carbocycles. The topological polar surface area (TPSA) is 84.1 Å². The van der Waals surface area contributed by atoms with Crippen molar-refractivity contribution in [1.82, 2.24) is 20.4 Å². The Kier molecular flexibility index (Phi) is 2.90. The number of aliphatic hydroxyl groups is 1. The molecule has 1 aliphatic heterocycles. The van der Waals surface area contributed by atoms with Gasteiger partial charge in [0, 0.05) is 23.7 Å². The standard InChI is InChI=1S/C15H14N4O2/c20-11-7-13(17-8-11)15-18-14(19-21-15)10-3-4-12-9(6-10)2-1-5-16-12/h1-6,11,13,17,20H,7-8H2. The molecule has 106 valence electrons. The van der Waals surface area contributed by atoms with Gasteiger partial charge in [0.05, 0.1) is 17.7 Å². The minimum absolute atomic E-state index is 0.0663. The van der Waals surface area contributed by atoms with Gasteiger partial charge in [0.2, 0.25) is 11.7 Å². The molecule has 6 heteroatoms. The van der Waals surface area contributed by atoms with Gasteiger partial charge in [0.15, 0.2) is 0 Å². The van der Waals surface area contributed by atoms with Gasteiger partial charge in [0.25, 0.3) is 0 Å². The third kappa shape index (κ3) is 2.28. The highest BCUT2D eigenvalue weighted by Gasteiger charge is 2.28. The summed E-state index contributed by atoms with van der Waals surface area (Å²) in [6.07, 6.45) is 2.02. The minimum Gasteiger partial charge on any atom is -0.392 e. The lowest BCUT2D eigenvalue weighted by Crippen LogP contribution is -2.15. The van der Waals surface area contributed by atoms with Crippen molar-refractivity contribution in [3.05, 3.63) is 42.4 Å². The van der Waals surface area contributed by atoms with Gasteiger partial charge in [-0.2, -0.15) is 4.98 Å². The van der Waals surface area contributed by atoms with E-state index in [1.54, 1.807) is 6.20 Å². The van der Waals surface area contributed by atoms with Crippen molar-refractivity contribution in [1.29, 1.82) is 0 Å². The van der Waals surface area contributed by atoms with Crippen LogP contribution in [-0.2, 0) is 0 Å². The van der Waals surface area contributed by atoms with Gasteiger partial charge in [-0.3, -0.25) is 4.98 Å². The van der Waals surface area contributed by atoms with Gasteiger partial charge in [-0.25, -0.2) is 0 Å². The van der Waals surface area contributed by atoms with Gasteiger partial charge in [0.1, 0.15) is 0 Å². The first-order valence-electron chi connectivity index (χ1n) is 6.90. The predicted octanol–water partition coefficient (Wildman–Crippen LogP) is 1.68. The maximum absolute atomic E-state index is 9.54. The molecule has 1 aromatic carbocycles. The number of hydrogen-bond acceptors (Lipinski definition) is 6. The number of aromatic nitrogens is 3. The molecule has 0 amide bonds. The van der Waals surface area contributed by atoms with Crippen LogP contribution in [0.25, 0.3) is 22.3 Å². The maximum atomic E-state index is 9.54.